The number of aromatic nitrogens is 3. The molecule has 0 spiro atoms. The number of rotatable bonds is 1. The highest BCUT2D eigenvalue weighted by Gasteiger charge is 2.30. The van der Waals surface area contributed by atoms with Crippen molar-refractivity contribution in [1.82, 2.24) is 20.3 Å². The number of fused-ring (bicyclic) bond motifs is 1. The highest BCUT2D eigenvalue weighted by atomic mass is 16.2. The number of piperidine rings is 1. The van der Waals surface area contributed by atoms with Gasteiger partial charge in [0.25, 0.3) is 11.5 Å². The number of hydrogen-bond acceptors (Lipinski definition) is 6. The van der Waals surface area contributed by atoms with Crippen LogP contribution >= 0.6 is 0 Å². The first-order valence-corrected chi connectivity index (χ1v) is 6.23. The number of amides is 2. The molecule has 0 aliphatic carbocycles. The van der Waals surface area contributed by atoms with E-state index in [1.807, 2.05) is 6.07 Å². The Morgan fingerprint density at radius 3 is 2.86 bits per heavy atom. The lowest BCUT2D eigenvalue weighted by molar-refractivity contribution is -0.136. The topological polar surface area (TPSA) is 118 Å². The molecule has 2 amide bonds. The number of benzene rings is 1. The maximum atomic E-state index is 12.4. The van der Waals surface area contributed by atoms with Gasteiger partial charge >= 0.3 is 0 Å². The molecule has 1 fully saturated rings. The van der Waals surface area contributed by atoms with Gasteiger partial charge in [-0.15, -0.1) is 5.10 Å². The fourth-order valence-corrected chi connectivity index (χ4v) is 2.24. The average molecular weight is 283 g/mol. The van der Waals surface area contributed by atoms with Crippen LogP contribution in [0.5, 0.6) is 0 Å². The molecule has 3 rings (SSSR count). The van der Waals surface area contributed by atoms with E-state index in [1.54, 1.807) is 0 Å². The van der Waals surface area contributed by atoms with Crippen LogP contribution in [0.2, 0.25) is 0 Å². The molecule has 1 aliphatic heterocycles. The molecule has 2 heterocycles. The van der Waals surface area contributed by atoms with Gasteiger partial charge in [0.1, 0.15) is 11.6 Å². The average Bonchev–Trinajstić information content (AvgIpc) is 2.48. The van der Waals surface area contributed by atoms with E-state index in [0.29, 0.717) is 11.1 Å². The second-order valence-corrected chi connectivity index (χ2v) is 4.65. The first kappa shape index (κ1) is 12.9. The molecule has 1 aliphatic rings. The van der Waals surface area contributed by atoms with E-state index in [9.17, 15) is 14.4 Å². The second kappa shape index (κ2) is 4.79. The van der Waals surface area contributed by atoms with Crippen molar-refractivity contribution in [3.63, 3.8) is 0 Å². The summed E-state index contributed by atoms with van der Waals surface area (Å²) < 4.78 is 0.964. The summed E-state index contributed by atoms with van der Waals surface area (Å²) in [7, 11) is 0. The highest BCUT2D eigenvalue weighted by molar-refractivity contribution is 5.99. The van der Waals surface area contributed by atoms with Crippen molar-refractivity contribution in [2.75, 3.05) is 0 Å². The molecule has 1 saturated heterocycles. The Balaban J connectivity index is 2.14. The third-order valence-electron chi connectivity index (χ3n) is 3.32. The molecular formula is C13H9N5O3. The molecule has 0 saturated carbocycles. The minimum atomic E-state index is -0.863. The number of nitrogens with one attached hydrogen (secondary N) is 1. The van der Waals surface area contributed by atoms with Crippen LogP contribution in [0.15, 0.2) is 23.0 Å². The molecule has 0 bridgehead atoms. The Bertz CT molecular complexity index is 864. The lowest BCUT2D eigenvalue weighted by Gasteiger charge is -2.21. The molecule has 1 atom stereocenters. The largest absolute Gasteiger partial charge is 0.295 e. The Kier molecular flexibility index (Phi) is 2.95. The lowest BCUT2D eigenvalue weighted by Crippen LogP contribution is -2.45. The van der Waals surface area contributed by atoms with Crippen LogP contribution in [0.4, 0.5) is 0 Å². The quantitative estimate of drug-likeness (QED) is 0.714. The van der Waals surface area contributed by atoms with Crippen molar-refractivity contribution in [3.05, 3.63) is 34.1 Å². The molecule has 1 N–H and O–H groups in total. The number of imide groups is 1. The van der Waals surface area contributed by atoms with Crippen molar-refractivity contribution in [1.29, 1.82) is 5.26 Å². The van der Waals surface area contributed by atoms with Gasteiger partial charge in [-0.25, -0.2) is 0 Å². The van der Waals surface area contributed by atoms with Gasteiger partial charge in [0.2, 0.25) is 5.91 Å². The number of hydrogen-bond donors (Lipinski definition) is 1. The third kappa shape index (κ3) is 2.14. The first-order valence-electron chi connectivity index (χ1n) is 6.23. The van der Waals surface area contributed by atoms with E-state index in [1.165, 1.54) is 18.2 Å². The van der Waals surface area contributed by atoms with Gasteiger partial charge in [-0.3, -0.25) is 19.7 Å². The van der Waals surface area contributed by atoms with Crippen molar-refractivity contribution in [2.24, 2.45) is 0 Å². The Morgan fingerprint density at radius 2 is 2.14 bits per heavy atom. The molecule has 21 heavy (non-hydrogen) atoms. The zero-order valence-electron chi connectivity index (χ0n) is 10.7. The Hall–Kier alpha value is -3.08. The molecule has 1 aromatic carbocycles. The SMILES string of the molecule is N#Cc1ccc2nnn(C3CCC(=O)NC3=O)c(=O)c2c1. The first-order chi connectivity index (χ1) is 10.1. The van der Waals surface area contributed by atoms with E-state index >= 15 is 0 Å². The van der Waals surface area contributed by atoms with Gasteiger partial charge in [-0.05, 0) is 24.6 Å². The zero-order chi connectivity index (χ0) is 15.0. The normalized spacial score (nSPS) is 18.3. The van der Waals surface area contributed by atoms with Crippen LogP contribution in [0.3, 0.4) is 0 Å². The second-order valence-electron chi connectivity index (χ2n) is 4.65. The zero-order valence-corrected chi connectivity index (χ0v) is 10.7. The molecule has 1 aromatic heterocycles. The van der Waals surface area contributed by atoms with Crippen molar-refractivity contribution >= 4 is 22.7 Å². The molecule has 8 nitrogen and oxygen atoms in total. The van der Waals surface area contributed by atoms with Gasteiger partial charge in [0, 0.05) is 6.42 Å². The molecule has 104 valence electrons. The summed E-state index contributed by atoms with van der Waals surface area (Å²) in [6, 6.07) is 5.55. The summed E-state index contributed by atoms with van der Waals surface area (Å²) in [5, 5.41) is 18.9. The highest BCUT2D eigenvalue weighted by Crippen LogP contribution is 2.16. The molecule has 2 aromatic rings. The van der Waals surface area contributed by atoms with Crippen molar-refractivity contribution < 1.29 is 9.59 Å². The lowest BCUT2D eigenvalue weighted by atomic mass is 10.1. The van der Waals surface area contributed by atoms with Crippen molar-refractivity contribution in [2.45, 2.75) is 18.9 Å². The van der Waals surface area contributed by atoms with Crippen LogP contribution < -0.4 is 10.9 Å². The summed E-state index contributed by atoms with van der Waals surface area (Å²) in [4.78, 5) is 35.4. The molecule has 0 radical (unpaired) electrons. The molecule has 8 heteroatoms. The predicted octanol–water partition coefficient (Wildman–Crippen LogP) is -0.359. The van der Waals surface area contributed by atoms with Gasteiger partial charge in [-0.1, -0.05) is 5.21 Å². The van der Waals surface area contributed by atoms with Crippen LogP contribution in [-0.2, 0) is 9.59 Å². The number of nitrogens with zero attached hydrogens (tertiary/aromatic N) is 4. The van der Waals surface area contributed by atoms with E-state index in [2.05, 4.69) is 15.6 Å². The van der Waals surface area contributed by atoms with Crippen molar-refractivity contribution in [3.8, 4) is 6.07 Å². The number of carbonyl (C=O) groups excluding carboxylic acids is 2. The summed E-state index contributed by atoms with van der Waals surface area (Å²) >= 11 is 0. The monoisotopic (exact) mass is 283 g/mol. The summed E-state index contributed by atoms with van der Waals surface area (Å²) in [6.07, 6.45) is 0.337. The minimum Gasteiger partial charge on any atom is -0.295 e. The van der Waals surface area contributed by atoms with Gasteiger partial charge in [0.15, 0.2) is 0 Å². The fourth-order valence-electron chi connectivity index (χ4n) is 2.24. The number of nitriles is 1. The van der Waals surface area contributed by atoms with E-state index in [-0.39, 0.29) is 24.1 Å². The van der Waals surface area contributed by atoms with Crippen LogP contribution in [0.25, 0.3) is 10.9 Å². The van der Waals surface area contributed by atoms with Crippen LogP contribution in [0, 0.1) is 11.3 Å². The molecular weight excluding hydrogens is 274 g/mol. The number of carbonyl (C=O) groups is 2. The maximum absolute atomic E-state index is 12.4. The Morgan fingerprint density at radius 1 is 1.33 bits per heavy atom. The predicted molar refractivity (Wildman–Crippen MR) is 69.9 cm³/mol. The maximum Gasteiger partial charge on any atom is 0.278 e. The minimum absolute atomic E-state index is 0.140. The molecule has 1 unspecified atom stereocenters. The van der Waals surface area contributed by atoms with E-state index in [0.717, 1.165) is 4.68 Å². The van der Waals surface area contributed by atoms with E-state index < -0.39 is 17.5 Å². The fraction of sp³-hybridized carbons (Fsp3) is 0.231. The van der Waals surface area contributed by atoms with Gasteiger partial charge in [0.05, 0.1) is 17.0 Å². The standard InChI is InChI=1S/C13H9N5O3/c14-6-7-1-2-9-8(5-7)13(21)18(17-16-9)10-3-4-11(19)15-12(10)20/h1-2,5,10H,3-4H2,(H,15,19,20). The van der Waals surface area contributed by atoms with Gasteiger partial charge in [-0.2, -0.15) is 9.94 Å². The Labute approximate surface area is 118 Å². The summed E-state index contributed by atoms with van der Waals surface area (Å²) in [5.74, 6) is -0.941. The smallest absolute Gasteiger partial charge is 0.278 e. The third-order valence-corrected chi connectivity index (χ3v) is 3.32. The summed E-state index contributed by atoms with van der Waals surface area (Å²) in [5.41, 5.74) is 0.163. The van der Waals surface area contributed by atoms with Crippen LogP contribution in [-0.4, -0.2) is 26.8 Å². The van der Waals surface area contributed by atoms with E-state index in [4.69, 9.17) is 5.26 Å². The summed E-state index contributed by atoms with van der Waals surface area (Å²) in [6.45, 7) is 0. The van der Waals surface area contributed by atoms with Crippen LogP contribution in [0.1, 0.15) is 24.4 Å². The van der Waals surface area contributed by atoms with Gasteiger partial charge < -0.3 is 0 Å².